The molecule has 1 aromatic carbocycles. The molecule has 2 N–H and O–H groups in total. The van der Waals surface area contributed by atoms with E-state index in [1.807, 2.05) is 19.0 Å². The van der Waals surface area contributed by atoms with Crippen LogP contribution in [0.1, 0.15) is 5.56 Å². The SMILES string of the molecule is CN(C)CCN(C)S(=O)(=O)c1cc(Br)cc(CN)c1F. The molecule has 1 rings (SSSR count). The fraction of sp³-hybridized carbons (Fsp3) is 0.500. The van der Waals surface area contributed by atoms with E-state index >= 15 is 0 Å². The van der Waals surface area contributed by atoms with Gasteiger partial charge >= 0.3 is 0 Å². The third kappa shape index (κ3) is 3.98. The maximum absolute atomic E-state index is 14.2. The van der Waals surface area contributed by atoms with E-state index in [0.29, 0.717) is 11.0 Å². The highest BCUT2D eigenvalue weighted by molar-refractivity contribution is 9.10. The highest BCUT2D eigenvalue weighted by Crippen LogP contribution is 2.25. The quantitative estimate of drug-likeness (QED) is 0.820. The van der Waals surface area contributed by atoms with Crippen LogP contribution in [0.4, 0.5) is 4.39 Å². The van der Waals surface area contributed by atoms with Gasteiger partial charge in [0, 0.05) is 36.7 Å². The van der Waals surface area contributed by atoms with Gasteiger partial charge in [-0.3, -0.25) is 0 Å². The third-order valence-corrected chi connectivity index (χ3v) is 5.16. The number of rotatable bonds is 6. The van der Waals surface area contributed by atoms with Crippen molar-refractivity contribution in [3.63, 3.8) is 0 Å². The van der Waals surface area contributed by atoms with E-state index in [9.17, 15) is 12.8 Å². The lowest BCUT2D eigenvalue weighted by Gasteiger charge is -2.20. The van der Waals surface area contributed by atoms with Gasteiger partial charge in [-0.15, -0.1) is 0 Å². The van der Waals surface area contributed by atoms with Gasteiger partial charge in [0.05, 0.1) is 0 Å². The Hall–Kier alpha value is -0.540. The molecule has 0 spiro atoms. The van der Waals surface area contributed by atoms with Crippen LogP contribution in [0.25, 0.3) is 0 Å². The molecule has 5 nitrogen and oxygen atoms in total. The number of nitrogens with zero attached hydrogens (tertiary/aromatic N) is 2. The molecule has 0 aromatic heterocycles. The number of halogens is 2. The largest absolute Gasteiger partial charge is 0.326 e. The topological polar surface area (TPSA) is 66.6 Å². The summed E-state index contributed by atoms with van der Waals surface area (Å²) >= 11 is 3.18. The molecular weight excluding hydrogens is 349 g/mol. The van der Waals surface area contributed by atoms with E-state index < -0.39 is 15.8 Å². The van der Waals surface area contributed by atoms with Crippen LogP contribution in [-0.4, -0.2) is 51.9 Å². The third-order valence-electron chi connectivity index (χ3n) is 2.85. The second kappa shape index (κ2) is 6.95. The minimum Gasteiger partial charge on any atom is -0.326 e. The molecule has 0 heterocycles. The van der Waals surface area contributed by atoms with Crippen LogP contribution >= 0.6 is 15.9 Å². The molecule has 0 amide bonds. The molecule has 114 valence electrons. The Bertz CT molecular complexity index is 578. The van der Waals surface area contributed by atoms with Crippen molar-refractivity contribution < 1.29 is 12.8 Å². The predicted octanol–water partition coefficient (Wildman–Crippen LogP) is 1.23. The smallest absolute Gasteiger partial charge is 0.245 e. The summed E-state index contributed by atoms with van der Waals surface area (Å²) in [6.45, 7) is 0.767. The summed E-state index contributed by atoms with van der Waals surface area (Å²) in [7, 11) is 1.24. The lowest BCUT2D eigenvalue weighted by Crippen LogP contribution is -2.34. The zero-order valence-corrected chi connectivity index (χ0v) is 14.1. The Morgan fingerprint density at radius 3 is 2.35 bits per heavy atom. The van der Waals surface area contributed by atoms with Gasteiger partial charge in [0.25, 0.3) is 0 Å². The number of hydrogen-bond acceptors (Lipinski definition) is 4. The molecule has 0 aliphatic carbocycles. The van der Waals surface area contributed by atoms with Crippen LogP contribution in [0.5, 0.6) is 0 Å². The standard InChI is InChI=1S/C12H19BrFN3O2S/c1-16(2)4-5-17(3)20(18,19)11-7-10(13)6-9(8-15)12(11)14/h6-7H,4-5,8,15H2,1-3H3. The first-order valence-electron chi connectivity index (χ1n) is 5.99. The molecule has 0 saturated carbocycles. The van der Waals surface area contributed by atoms with Gasteiger partial charge in [-0.25, -0.2) is 12.8 Å². The Kier molecular flexibility index (Phi) is 6.08. The first-order valence-corrected chi connectivity index (χ1v) is 8.22. The molecule has 0 aliphatic heterocycles. The van der Waals surface area contributed by atoms with Crippen LogP contribution < -0.4 is 5.73 Å². The van der Waals surface area contributed by atoms with Crippen LogP contribution in [-0.2, 0) is 16.6 Å². The van der Waals surface area contributed by atoms with Crippen molar-refractivity contribution in [3.8, 4) is 0 Å². The van der Waals surface area contributed by atoms with Gasteiger partial charge in [0.1, 0.15) is 10.7 Å². The van der Waals surface area contributed by atoms with Gasteiger partial charge in [-0.1, -0.05) is 15.9 Å². The Balaban J connectivity index is 3.18. The van der Waals surface area contributed by atoms with Gasteiger partial charge in [-0.2, -0.15) is 4.31 Å². The zero-order chi connectivity index (χ0) is 15.5. The van der Waals surface area contributed by atoms with Crippen molar-refractivity contribution in [3.05, 3.63) is 28.0 Å². The molecule has 0 aliphatic rings. The summed E-state index contributed by atoms with van der Waals surface area (Å²) in [6.07, 6.45) is 0. The van der Waals surface area contributed by atoms with Gasteiger partial charge < -0.3 is 10.6 Å². The van der Waals surface area contributed by atoms with Crippen LogP contribution in [0.2, 0.25) is 0 Å². The second-order valence-corrected chi connectivity index (χ2v) is 7.64. The van der Waals surface area contributed by atoms with Gasteiger partial charge in [0.2, 0.25) is 10.0 Å². The van der Waals surface area contributed by atoms with E-state index in [0.717, 1.165) is 4.31 Å². The van der Waals surface area contributed by atoms with E-state index in [-0.39, 0.29) is 23.5 Å². The van der Waals surface area contributed by atoms with Crippen molar-refractivity contribution in [1.29, 1.82) is 0 Å². The van der Waals surface area contributed by atoms with E-state index in [4.69, 9.17) is 5.73 Å². The van der Waals surface area contributed by atoms with Crippen molar-refractivity contribution in [2.75, 3.05) is 34.2 Å². The second-order valence-electron chi connectivity index (χ2n) is 4.71. The van der Waals surface area contributed by atoms with Crippen molar-refractivity contribution in [2.45, 2.75) is 11.4 Å². The van der Waals surface area contributed by atoms with Crippen molar-refractivity contribution in [2.24, 2.45) is 5.73 Å². The number of likely N-dealkylation sites (N-methyl/N-ethyl adjacent to an activating group) is 2. The number of hydrogen-bond donors (Lipinski definition) is 1. The summed E-state index contributed by atoms with van der Waals surface area (Å²) in [5.74, 6) is -0.785. The average Bonchev–Trinajstić information content (AvgIpc) is 2.37. The lowest BCUT2D eigenvalue weighted by atomic mass is 10.2. The Morgan fingerprint density at radius 1 is 1.25 bits per heavy atom. The highest BCUT2D eigenvalue weighted by Gasteiger charge is 2.26. The molecule has 0 atom stereocenters. The molecule has 0 bridgehead atoms. The summed E-state index contributed by atoms with van der Waals surface area (Å²) in [5, 5.41) is 0. The Labute approximate surface area is 127 Å². The van der Waals surface area contributed by atoms with Crippen LogP contribution in [0, 0.1) is 5.82 Å². The number of sulfonamides is 1. The molecule has 8 heteroatoms. The van der Waals surface area contributed by atoms with Crippen molar-refractivity contribution >= 4 is 26.0 Å². The molecule has 0 unspecified atom stereocenters. The molecule has 0 fully saturated rings. The molecular formula is C12H19BrFN3O2S. The normalized spacial score (nSPS) is 12.4. The molecule has 0 radical (unpaired) electrons. The Morgan fingerprint density at radius 2 is 1.85 bits per heavy atom. The van der Waals surface area contributed by atoms with Crippen LogP contribution in [0.3, 0.4) is 0 Å². The summed E-state index contributed by atoms with van der Waals surface area (Å²) in [4.78, 5) is 1.50. The first-order chi connectivity index (χ1) is 9.20. The summed E-state index contributed by atoms with van der Waals surface area (Å²) in [6, 6.07) is 2.74. The zero-order valence-electron chi connectivity index (χ0n) is 11.7. The number of nitrogens with two attached hydrogens (primary N) is 1. The van der Waals surface area contributed by atoms with Crippen LogP contribution in [0.15, 0.2) is 21.5 Å². The monoisotopic (exact) mass is 367 g/mol. The van der Waals surface area contributed by atoms with E-state index in [2.05, 4.69) is 15.9 Å². The molecule has 1 aromatic rings. The van der Waals surface area contributed by atoms with E-state index in [1.165, 1.54) is 19.2 Å². The van der Waals surface area contributed by atoms with Gasteiger partial charge in [-0.05, 0) is 26.2 Å². The summed E-state index contributed by atoms with van der Waals surface area (Å²) < 4.78 is 40.6. The fourth-order valence-corrected chi connectivity index (χ4v) is 3.53. The van der Waals surface area contributed by atoms with E-state index in [1.54, 1.807) is 0 Å². The highest BCUT2D eigenvalue weighted by atomic mass is 79.9. The maximum Gasteiger partial charge on any atom is 0.245 e. The lowest BCUT2D eigenvalue weighted by molar-refractivity contribution is 0.357. The van der Waals surface area contributed by atoms with Crippen molar-refractivity contribution in [1.82, 2.24) is 9.21 Å². The minimum absolute atomic E-state index is 0.0603. The first kappa shape index (κ1) is 17.5. The average molecular weight is 368 g/mol. The van der Waals surface area contributed by atoms with Gasteiger partial charge in [0.15, 0.2) is 0 Å². The number of benzene rings is 1. The predicted molar refractivity (Wildman–Crippen MR) is 80.4 cm³/mol. The fourth-order valence-electron chi connectivity index (χ4n) is 1.58. The summed E-state index contributed by atoms with van der Waals surface area (Å²) in [5.41, 5.74) is 5.60. The molecule has 0 saturated heterocycles. The maximum atomic E-state index is 14.2. The molecule has 20 heavy (non-hydrogen) atoms. The minimum atomic E-state index is -3.87.